The average molecular weight is 241 g/mol. The summed E-state index contributed by atoms with van der Waals surface area (Å²) in [6, 6.07) is 7.81. The van der Waals surface area contributed by atoms with Crippen LogP contribution in [-0.4, -0.2) is 25.8 Å². The molecule has 0 aromatic heterocycles. The maximum absolute atomic E-state index is 11.5. The first-order valence-electron chi connectivity index (χ1n) is 4.44. The Hall–Kier alpha value is -1.66. The highest BCUT2D eigenvalue weighted by molar-refractivity contribution is 7.94. The number of Topliss-reactive ketones (excluding diaryl/α,β-unsaturated/α-hetero) is 1. The van der Waals surface area contributed by atoms with E-state index in [2.05, 4.69) is 0 Å². The normalized spacial score (nSPS) is 13.6. The molecular weight excluding hydrogens is 230 g/mol. The first kappa shape index (κ1) is 12.4. The molecule has 16 heavy (non-hydrogen) atoms. The number of rotatable bonds is 3. The van der Waals surface area contributed by atoms with E-state index in [4.69, 9.17) is 4.55 Å². The predicted octanol–water partition coefficient (Wildman–Crippen LogP) is 0.480. The zero-order valence-electron chi connectivity index (χ0n) is 8.54. The molecule has 0 saturated heterocycles. The van der Waals surface area contributed by atoms with Crippen LogP contribution >= 0.6 is 0 Å². The van der Waals surface area contributed by atoms with E-state index in [0.717, 1.165) is 5.37 Å². The molecule has 0 fully saturated rings. The minimum atomic E-state index is -3.57. The van der Waals surface area contributed by atoms with Crippen molar-refractivity contribution in [2.24, 2.45) is 0 Å². The maximum Gasteiger partial charge on any atom is 0.305 e. The van der Waals surface area contributed by atoms with Crippen LogP contribution in [0.1, 0.15) is 17.3 Å². The number of ketones is 1. The summed E-state index contributed by atoms with van der Waals surface area (Å²) in [6.07, 6.45) is 0. The van der Waals surface area contributed by atoms with Gasteiger partial charge in [0, 0.05) is 10.9 Å². The van der Waals surface area contributed by atoms with Gasteiger partial charge in [-0.2, -0.15) is 0 Å². The van der Waals surface area contributed by atoms with Gasteiger partial charge in [0.1, 0.15) is 0 Å². The van der Waals surface area contributed by atoms with Gasteiger partial charge in [-0.15, -0.1) is 0 Å². The molecule has 6 heteroatoms. The lowest BCUT2D eigenvalue weighted by Crippen LogP contribution is -2.36. The van der Waals surface area contributed by atoms with E-state index in [1.165, 1.54) is 19.1 Å². The molecule has 1 rings (SSSR count). The van der Waals surface area contributed by atoms with Crippen LogP contribution < -0.4 is 4.72 Å². The molecule has 0 saturated carbocycles. The lowest BCUT2D eigenvalue weighted by Gasteiger charge is -2.04. The third kappa shape index (κ3) is 3.18. The van der Waals surface area contributed by atoms with Crippen LogP contribution in [0.2, 0.25) is 0 Å². The Bertz CT molecular complexity index is 515. The first-order chi connectivity index (χ1) is 7.46. The van der Waals surface area contributed by atoms with E-state index in [1.54, 1.807) is 22.9 Å². The number of amides is 1. The van der Waals surface area contributed by atoms with Crippen molar-refractivity contribution >= 4 is 27.0 Å². The van der Waals surface area contributed by atoms with Gasteiger partial charge in [-0.1, -0.05) is 30.3 Å². The molecular formula is C10H11NO4S. The van der Waals surface area contributed by atoms with Crippen molar-refractivity contribution in [1.82, 2.24) is 4.72 Å². The molecule has 1 unspecified atom stereocenters. The summed E-state index contributed by atoms with van der Waals surface area (Å²) in [7, 11) is -3.57. The summed E-state index contributed by atoms with van der Waals surface area (Å²) in [5.74, 6) is -1.94. The van der Waals surface area contributed by atoms with E-state index < -0.39 is 21.7 Å². The Labute approximate surface area is 93.4 Å². The summed E-state index contributed by atoms with van der Waals surface area (Å²) >= 11 is 0. The van der Waals surface area contributed by atoms with Crippen LogP contribution in [0.5, 0.6) is 0 Å². The molecule has 2 N–H and O–H groups in total. The molecule has 0 heterocycles. The van der Waals surface area contributed by atoms with Crippen molar-refractivity contribution in [3.05, 3.63) is 35.9 Å². The Kier molecular flexibility index (Phi) is 3.81. The standard InChI is InChI=1S/C10H11NO4S/c1-2-16(14,15)11-10(13)9(12)8-6-4-3-5-7-8/h2-7H,1H3,(H2,11,13,14,15). The van der Waals surface area contributed by atoms with Gasteiger partial charge in [-0.25, -0.2) is 4.21 Å². The molecule has 1 aromatic rings. The van der Waals surface area contributed by atoms with Crippen molar-refractivity contribution in [2.45, 2.75) is 6.92 Å². The third-order valence-electron chi connectivity index (χ3n) is 1.80. The van der Waals surface area contributed by atoms with Crippen LogP contribution in [-0.2, 0) is 14.8 Å². The highest BCUT2D eigenvalue weighted by Crippen LogP contribution is 2.00. The monoisotopic (exact) mass is 241 g/mol. The fourth-order valence-electron chi connectivity index (χ4n) is 0.959. The largest absolute Gasteiger partial charge is 0.305 e. The summed E-state index contributed by atoms with van der Waals surface area (Å²) in [6.45, 7) is 1.32. The van der Waals surface area contributed by atoms with Gasteiger partial charge in [-0.3, -0.25) is 18.9 Å². The zero-order chi connectivity index (χ0) is 12.2. The van der Waals surface area contributed by atoms with E-state index in [-0.39, 0.29) is 5.56 Å². The summed E-state index contributed by atoms with van der Waals surface area (Å²) < 4.78 is 21.9. The lowest BCUT2D eigenvalue weighted by molar-refractivity contribution is -0.115. The molecule has 0 aliphatic heterocycles. The highest BCUT2D eigenvalue weighted by atomic mass is 32.2. The van der Waals surface area contributed by atoms with Crippen LogP contribution in [0, 0.1) is 0 Å². The van der Waals surface area contributed by atoms with Crippen molar-refractivity contribution in [2.75, 3.05) is 0 Å². The van der Waals surface area contributed by atoms with Crippen molar-refractivity contribution in [1.29, 1.82) is 0 Å². The molecule has 1 aromatic carbocycles. The van der Waals surface area contributed by atoms with Crippen molar-refractivity contribution in [3.63, 3.8) is 0 Å². The lowest BCUT2D eigenvalue weighted by atomic mass is 10.1. The van der Waals surface area contributed by atoms with E-state index in [1.807, 2.05) is 0 Å². The number of hydrogen-bond acceptors (Lipinski definition) is 3. The van der Waals surface area contributed by atoms with Gasteiger partial charge in [0.15, 0.2) is 9.99 Å². The summed E-state index contributed by atoms with van der Waals surface area (Å²) in [5.41, 5.74) is 0.173. The molecule has 0 bridgehead atoms. The Morgan fingerprint density at radius 2 is 1.88 bits per heavy atom. The molecule has 0 aliphatic rings. The maximum atomic E-state index is 11.5. The van der Waals surface area contributed by atoms with E-state index >= 15 is 0 Å². The fraction of sp³-hybridized carbons (Fsp3) is 0.100. The van der Waals surface area contributed by atoms with Gasteiger partial charge >= 0.3 is 5.91 Å². The SMILES string of the molecule is CC=S(=O)(O)NC(=O)C(=O)c1ccccc1. The van der Waals surface area contributed by atoms with Crippen LogP contribution in [0.15, 0.2) is 30.3 Å². The number of benzene rings is 1. The topological polar surface area (TPSA) is 83.5 Å². The molecule has 5 nitrogen and oxygen atoms in total. The smallest absolute Gasteiger partial charge is 0.298 e. The fourth-order valence-corrected chi connectivity index (χ4v) is 1.43. The second-order valence-corrected chi connectivity index (χ2v) is 4.74. The van der Waals surface area contributed by atoms with Gasteiger partial charge < -0.3 is 0 Å². The van der Waals surface area contributed by atoms with Gasteiger partial charge in [0.25, 0.3) is 5.78 Å². The van der Waals surface area contributed by atoms with Crippen molar-refractivity contribution in [3.8, 4) is 0 Å². The third-order valence-corrected chi connectivity index (χ3v) is 2.92. The molecule has 1 amide bonds. The second kappa shape index (κ2) is 4.91. The Morgan fingerprint density at radius 1 is 1.31 bits per heavy atom. The number of carbonyl (C=O) groups excluding carboxylic acids is 2. The number of nitrogens with one attached hydrogen (secondary N) is 1. The highest BCUT2D eigenvalue weighted by Gasteiger charge is 2.18. The summed E-state index contributed by atoms with van der Waals surface area (Å²) in [4.78, 5) is 22.8. The van der Waals surface area contributed by atoms with E-state index in [9.17, 15) is 13.8 Å². The minimum Gasteiger partial charge on any atom is -0.298 e. The molecule has 0 radical (unpaired) electrons. The van der Waals surface area contributed by atoms with Gasteiger partial charge in [-0.05, 0) is 6.92 Å². The molecule has 1 atom stereocenters. The van der Waals surface area contributed by atoms with Crippen LogP contribution in [0.25, 0.3) is 0 Å². The zero-order valence-corrected chi connectivity index (χ0v) is 9.36. The minimum absolute atomic E-state index is 0.173. The van der Waals surface area contributed by atoms with Crippen LogP contribution in [0.3, 0.4) is 0 Å². The first-order valence-corrected chi connectivity index (χ1v) is 6.01. The average Bonchev–Trinajstić information content (AvgIpc) is 2.28. The predicted molar refractivity (Wildman–Crippen MR) is 61.4 cm³/mol. The molecule has 0 aliphatic carbocycles. The van der Waals surface area contributed by atoms with Gasteiger partial charge in [0.2, 0.25) is 0 Å². The van der Waals surface area contributed by atoms with E-state index in [0.29, 0.717) is 0 Å². The molecule has 86 valence electrons. The Morgan fingerprint density at radius 3 is 2.38 bits per heavy atom. The van der Waals surface area contributed by atoms with Gasteiger partial charge in [0.05, 0.1) is 0 Å². The molecule has 0 spiro atoms. The second-order valence-electron chi connectivity index (χ2n) is 2.93. The van der Waals surface area contributed by atoms with Crippen LogP contribution in [0.4, 0.5) is 0 Å². The van der Waals surface area contributed by atoms with Crippen molar-refractivity contribution < 1.29 is 18.4 Å². The Balaban J connectivity index is 2.86. The quantitative estimate of drug-likeness (QED) is 0.458. The summed E-state index contributed by atoms with van der Waals surface area (Å²) in [5, 5.41) is 0.920. The number of hydrogen-bond donors (Lipinski definition) is 2. The number of carbonyl (C=O) groups is 2.